The van der Waals surface area contributed by atoms with Gasteiger partial charge in [0.05, 0.1) is 22.1 Å². The normalized spacial score (nSPS) is 11.7. The quantitative estimate of drug-likeness (QED) is 0.161. The average molecular weight is 830 g/mol. The molecule has 0 N–H and O–H groups in total. The van der Waals surface area contributed by atoms with Gasteiger partial charge in [0.2, 0.25) is 0 Å². The molecular formula is C60H39N5. The topological polar surface area (TPSA) is 40.6 Å². The van der Waals surface area contributed by atoms with Crippen LogP contribution in [-0.2, 0) is 0 Å². The fourth-order valence-electron chi connectivity index (χ4n) is 9.87. The molecule has 0 atom stereocenters. The van der Waals surface area contributed by atoms with Gasteiger partial charge in [-0.3, -0.25) is 4.57 Å². The summed E-state index contributed by atoms with van der Waals surface area (Å²) in [7, 11) is 0. The maximum absolute atomic E-state index is 5.46. The van der Waals surface area contributed by atoms with Gasteiger partial charge in [-0.1, -0.05) is 133 Å². The van der Waals surface area contributed by atoms with Gasteiger partial charge < -0.3 is 9.13 Å². The van der Waals surface area contributed by atoms with Gasteiger partial charge in [0.1, 0.15) is 11.3 Å². The van der Waals surface area contributed by atoms with E-state index in [9.17, 15) is 0 Å². The SMILES string of the molecule is c1ccc(-c2cnc3c(c2)nc(-c2cc(-c4ccc5c(c4)c4ccccc4n5-c4ccccc4)cc(-c4ccc5c(c4)c4ccccc4n5-c4ccccc4)c2)n3-c2ccccc2)cc1. The summed E-state index contributed by atoms with van der Waals surface area (Å²) < 4.78 is 6.95. The molecule has 0 radical (unpaired) electrons. The van der Waals surface area contributed by atoms with E-state index in [1.54, 1.807) is 0 Å². The van der Waals surface area contributed by atoms with Gasteiger partial charge in [0, 0.05) is 55.9 Å². The Hall–Kier alpha value is -8.80. The number of nitrogens with zero attached hydrogens (tertiary/aromatic N) is 5. The summed E-state index contributed by atoms with van der Waals surface area (Å²) in [5.74, 6) is 0.829. The number of pyridine rings is 1. The highest BCUT2D eigenvalue weighted by molar-refractivity contribution is 6.12. The fraction of sp³-hybridized carbons (Fsp3) is 0. The van der Waals surface area contributed by atoms with Crippen LogP contribution < -0.4 is 0 Å². The zero-order valence-corrected chi connectivity index (χ0v) is 35.3. The van der Waals surface area contributed by atoms with E-state index in [0.717, 1.165) is 73.0 Å². The maximum Gasteiger partial charge on any atom is 0.164 e. The third-order valence-corrected chi connectivity index (χ3v) is 12.9. The first-order valence-electron chi connectivity index (χ1n) is 22.1. The van der Waals surface area contributed by atoms with Crippen LogP contribution in [0.1, 0.15) is 0 Å². The van der Waals surface area contributed by atoms with Crippen molar-refractivity contribution >= 4 is 54.8 Å². The fourth-order valence-corrected chi connectivity index (χ4v) is 9.87. The number of aromatic nitrogens is 5. The molecule has 4 heterocycles. The molecule has 304 valence electrons. The zero-order valence-electron chi connectivity index (χ0n) is 35.3. The lowest BCUT2D eigenvalue weighted by Crippen LogP contribution is -1.99. The highest BCUT2D eigenvalue weighted by atomic mass is 15.1. The Labute approximate surface area is 375 Å². The lowest BCUT2D eigenvalue weighted by atomic mass is 9.94. The second-order valence-corrected chi connectivity index (χ2v) is 16.7. The zero-order chi connectivity index (χ0) is 42.8. The molecular weight excluding hydrogens is 791 g/mol. The van der Waals surface area contributed by atoms with E-state index in [1.807, 2.05) is 12.3 Å². The van der Waals surface area contributed by atoms with Crippen LogP contribution in [0, 0.1) is 0 Å². The van der Waals surface area contributed by atoms with Gasteiger partial charge in [0.25, 0.3) is 0 Å². The van der Waals surface area contributed by atoms with E-state index in [-0.39, 0.29) is 0 Å². The Morgan fingerprint density at radius 2 is 0.708 bits per heavy atom. The molecule has 13 rings (SSSR count). The maximum atomic E-state index is 5.46. The van der Waals surface area contributed by atoms with Crippen LogP contribution in [0.15, 0.2) is 237 Å². The van der Waals surface area contributed by atoms with Crippen molar-refractivity contribution in [2.24, 2.45) is 0 Å². The van der Waals surface area contributed by atoms with Crippen LogP contribution in [0.3, 0.4) is 0 Å². The first kappa shape index (κ1) is 36.8. The molecule has 0 bridgehead atoms. The van der Waals surface area contributed by atoms with Crippen molar-refractivity contribution < 1.29 is 0 Å². The monoisotopic (exact) mass is 829 g/mol. The number of imidazole rings is 1. The minimum atomic E-state index is 0.808. The summed E-state index contributed by atoms with van der Waals surface area (Å²) in [6.45, 7) is 0. The smallest absolute Gasteiger partial charge is 0.164 e. The molecule has 9 aromatic carbocycles. The minimum Gasteiger partial charge on any atom is -0.309 e. The highest BCUT2D eigenvalue weighted by Crippen LogP contribution is 2.41. The van der Waals surface area contributed by atoms with E-state index >= 15 is 0 Å². The van der Waals surface area contributed by atoms with E-state index in [0.29, 0.717) is 0 Å². The van der Waals surface area contributed by atoms with Gasteiger partial charge in [-0.05, 0) is 125 Å². The van der Waals surface area contributed by atoms with E-state index in [2.05, 4.69) is 238 Å². The van der Waals surface area contributed by atoms with Crippen molar-refractivity contribution in [3.8, 4) is 61.8 Å². The van der Waals surface area contributed by atoms with Gasteiger partial charge in [-0.2, -0.15) is 0 Å². The van der Waals surface area contributed by atoms with E-state index in [1.165, 1.54) is 43.6 Å². The molecule has 0 aliphatic rings. The summed E-state index contributed by atoms with van der Waals surface area (Å²) >= 11 is 0. The molecule has 0 aliphatic heterocycles. The second-order valence-electron chi connectivity index (χ2n) is 16.7. The highest BCUT2D eigenvalue weighted by Gasteiger charge is 2.21. The van der Waals surface area contributed by atoms with Crippen LogP contribution in [0.25, 0.3) is 117 Å². The number of rotatable bonds is 7. The first-order valence-corrected chi connectivity index (χ1v) is 22.1. The van der Waals surface area contributed by atoms with Crippen molar-refractivity contribution in [3.63, 3.8) is 0 Å². The molecule has 13 aromatic rings. The van der Waals surface area contributed by atoms with Crippen molar-refractivity contribution in [1.29, 1.82) is 0 Å². The summed E-state index contributed by atoms with van der Waals surface area (Å²) in [4.78, 5) is 10.6. The molecule has 0 saturated heterocycles. The predicted molar refractivity (Wildman–Crippen MR) is 269 cm³/mol. The van der Waals surface area contributed by atoms with Crippen LogP contribution >= 0.6 is 0 Å². The van der Waals surface area contributed by atoms with Crippen LogP contribution in [0.4, 0.5) is 0 Å². The molecule has 0 unspecified atom stereocenters. The third kappa shape index (κ3) is 6.09. The van der Waals surface area contributed by atoms with Gasteiger partial charge >= 0.3 is 0 Å². The van der Waals surface area contributed by atoms with E-state index < -0.39 is 0 Å². The molecule has 0 aliphatic carbocycles. The molecule has 0 saturated carbocycles. The molecule has 5 heteroatoms. The molecule has 0 amide bonds. The van der Waals surface area contributed by atoms with Crippen molar-refractivity contribution in [3.05, 3.63) is 237 Å². The van der Waals surface area contributed by atoms with Crippen molar-refractivity contribution in [2.45, 2.75) is 0 Å². The summed E-state index contributed by atoms with van der Waals surface area (Å²) in [5, 5.41) is 4.85. The lowest BCUT2D eigenvalue weighted by molar-refractivity contribution is 1.08. The molecule has 0 spiro atoms. The van der Waals surface area contributed by atoms with Gasteiger partial charge in [-0.25, -0.2) is 9.97 Å². The number of benzene rings is 9. The van der Waals surface area contributed by atoms with Crippen LogP contribution in [0.5, 0.6) is 0 Å². The van der Waals surface area contributed by atoms with Crippen molar-refractivity contribution in [1.82, 2.24) is 23.7 Å². The van der Waals surface area contributed by atoms with E-state index in [4.69, 9.17) is 9.97 Å². The Morgan fingerprint density at radius 3 is 1.23 bits per heavy atom. The number of para-hydroxylation sites is 5. The second kappa shape index (κ2) is 14.9. The molecule has 65 heavy (non-hydrogen) atoms. The summed E-state index contributed by atoms with van der Waals surface area (Å²) in [5.41, 5.74) is 17.2. The Bertz CT molecular complexity index is 3740. The Balaban J connectivity index is 1.06. The van der Waals surface area contributed by atoms with Crippen molar-refractivity contribution in [2.75, 3.05) is 0 Å². The lowest BCUT2D eigenvalue weighted by Gasteiger charge is -2.14. The van der Waals surface area contributed by atoms with Gasteiger partial charge in [0.15, 0.2) is 5.65 Å². The summed E-state index contributed by atoms with van der Waals surface area (Å²) in [6, 6.07) is 82.6. The van der Waals surface area contributed by atoms with Gasteiger partial charge in [-0.15, -0.1) is 0 Å². The molecule has 4 aromatic heterocycles. The number of fused-ring (bicyclic) bond motifs is 7. The van der Waals surface area contributed by atoms with Crippen LogP contribution in [0.2, 0.25) is 0 Å². The number of hydrogen-bond donors (Lipinski definition) is 0. The molecule has 5 nitrogen and oxygen atoms in total. The number of hydrogen-bond acceptors (Lipinski definition) is 2. The first-order chi connectivity index (χ1) is 32.2. The Kier molecular flexibility index (Phi) is 8.46. The largest absolute Gasteiger partial charge is 0.309 e. The molecule has 0 fully saturated rings. The van der Waals surface area contributed by atoms with Crippen LogP contribution in [-0.4, -0.2) is 23.7 Å². The minimum absolute atomic E-state index is 0.808. The average Bonchev–Trinajstić information content (AvgIpc) is 4.05. The third-order valence-electron chi connectivity index (χ3n) is 12.9. The standard InChI is InChI=1S/C60H39N5/c1-5-17-40(18-6-1)46-38-54-60(61-39-46)65(49-23-11-4-12-24-49)59(62-54)45-34-43(41-29-31-57-52(36-41)50-25-13-15-27-55(50)63(57)47-19-7-2-8-20-47)33-44(35-45)42-30-32-58-53(37-42)51-26-14-16-28-56(51)64(58)48-21-9-3-10-22-48/h1-39H. The Morgan fingerprint density at radius 1 is 0.277 bits per heavy atom. The summed E-state index contributed by atoms with van der Waals surface area (Å²) in [6.07, 6.45) is 1.96. The predicted octanol–water partition coefficient (Wildman–Crippen LogP) is 15.3.